The quantitative estimate of drug-likeness (QED) is 0.791. The molecule has 0 aromatic carbocycles. The lowest BCUT2D eigenvalue weighted by molar-refractivity contribution is 0.480. The average molecular weight is 191 g/mol. The summed E-state index contributed by atoms with van der Waals surface area (Å²) in [7, 11) is 0. The standard InChI is InChI=1S/C11H17N3/c1-8(2)9(3)14-10(4)11-7-12-5-6-13-11/h5-9,14H,4H2,1-3H3/t9-/m1/s1. The zero-order valence-corrected chi connectivity index (χ0v) is 8.99. The number of hydrogen-bond acceptors (Lipinski definition) is 3. The minimum Gasteiger partial charge on any atom is -0.381 e. The van der Waals surface area contributed by atoms with Crippen molar-refractivity contribution in [2.75, 3.05) is 0 Å². The minimum absolute atomic E-state index is 0.393. The van der Waals surface area contributed by atoms with E-state index in [0.717, 1.165) is 11.4 Å². The second kappa shape index (κ2) is 4.74. The molecule has 0 amide bonds. The summed E-state index contributed by atoms with van der Waals surface area (Å²) >= 11 is 0. The Bertz CT molecular complexity index is 293. The first-order valence-electron chi connectivity index (χ1n) is 4.83. The van der Waals surface area contributed by atoms with Gasteiger partial charge in [-0.1, -0.05) is 20.4 Å². The van der Waals surface area contributed by atoms with Crippen molar-refractivity contribution in [3.05, 3.63) is 30.9 Å². The lowest BCUT2D eigenvalue weighted by atomic mass is 10.1. The van der Waals surface area contributed by atoms with E-state index in [1.807, 2.05) is 0 Å². The molecule has 0 aliphatic rings. The molecular formula is C11H17N3. The smallest absolute Gasteiger partial charge is 0.104 e. The molecule has 1 atom stereocenters. The maximum absolute atomic E-state index is 4.17. The van der Waals surface area contributed by atoms with Crippen LogP contribution in [0.4, 0.5) is 0 Å². The maximum atomic E-state index is 4.17. The third-order valence-corrected chi connectivity index (χ3v) is 2.27. The third kappa shape index (κ3) is 2.83. The van der Waals surface area contributed by atoms with Gasteiger partial charge in [0, 0.05) is 18.4 Å². The maximum Gasteiger partial charge on any atom is 0.104 e. The van der Waals surface area contributed by atoms with Crippen LogP contribution in [0.5, 0.6) is 0 Å². The largest absolute Gasteiger partial charge is 0.381 e. The molecule has 1 rings (SSSR count). The molecule has 1 aromatic rings. The summed E-state index contributed by atoms with van der Waals surface area (Å²) < 4.78 is 0. The molecule has 0 aliphatic heterocycles. The number of rotatable bonds is 4. The Hall–Kier alpha value is -1.38. The van der Waals surface area contributed by atoms with Crippen molar-refractivity contribution in [3.8, 4) is 0 Å². The monoisotopic (exact) mass is 191 g/mol. The van der Waals surface area contributed by atoms with Crippen molar-refractivity contribution in [2.24, 2.45) is 5.92 Å². The lowest BCUT2D eigenvalue weighted by Gasteiger charge is -2.19. The van der Waals surface area contributed by atoms with E-state index in [-0.39, 0.29) is 0 Å². The highest BCUT2D eigenvalue weighted by molar-refractivity contribution is 5.57. The molecule has 1 aromatic heterocycles. The molecule has 0 saturated carbocycles. The molecule has 1 N–H and O–H groups in total. The summed E-state index contributed by atoms with van der Waals surface area (Å²) in [5, 5.41) is 3.30. The van der Waals surface area contributed by atoms with Crippen molar-refractivity contribution in [2.45, 2.75) is 26.8 Å². The van der Waals surface area contributed by atoms with Crippen LogP contribution in [0.2, 0.25) is 0 Å². The van der Waals surface area contributed by atoms with Gasteiger partial charge in [0.15, 0.2) is 0 Å². The van der Waals surface area contributed by atoms with Crippen molar-refractivity contribution < 1.29 is 0 Å². The highest BCUT2D eigenvalue weighted by atomic mass is 15.0. The van der Waals surface area contributed by atoms with Crippen molar-refractivity contribution in [1.29, 1.82) is 0 Å². The number of aromatic nitrogens is 2. The molecule has 3 nitrogen and oxygen atoms in total. The molecule has 0 aliphatic carbocycles. The van der Waals surface area contributed by atoms with Crippen LogP contribution in [-0.2, 0) is 0 Å². The first-order chi connectivity index (χ1) is 6.61. The predicted octanol–water partition coefficient (Wildman–Crippen LogP) is 2.08. The van der Waals surface area contributed by atoms with Gasteiger partial charge in [-0.25, -0.2) is 0 Å². The molecule has 0 saturated heterocycles. The molecule has 14 heavy (non-hydrogen) atoms. The van der Waals surface area contributed by atoms with Gasteiger partial charge < -0.3 is 5.32 Å². The Labute approximate surface area is 85.3 Å². The highest BCUT2D eigenvalue weighted by Gasteiger charge is 2.08. The van der Waals surface area contributed by atoms with Gasteiger partial charge in [-0.2, -0.15) is 0 Å². The Morgan fingerprint density at radius 3 is 2.57 bits per heavy atom. The summed E-state index contributed by atoms with van der Waals surface area (Å²) in [5.41, 5.74) is 1.64. The van der Waals surface area contributed by atoms with E-state index in [0.29, 0.717) is 12.0 Å². The third-order valence-electron chi connectivity index (χ3n) is 2.27. The van der Waals surface area contributed by atoms with E-state index < -0.39 is 0 Å². The molecule has 0 fully saturated rings. The second-order valence-electron chi connectivity index (χ2n) is 3.75. The van der Waals surface area contributed by atoms with E-state index in [4.69, 9.17) is 0 Å². The van der Waals surface area contributed by atoms with Crippen LogP contribution in [0.1, 0.15) is 26.5 Å². The van der Waals surface area contributed by atoms with Crippen molar-refractivity contribution in [3.63, 3.8) is 0 Å². The van der Waals surface area contributed by atoms with Crippen LogP contribution in [0.25, 0.3) is 5.70 Å². The van der Waals surface area contributed by atoms with Gasteiger partial charge in [-0.05, 0) is 12.8 Å². The normalized spacial score (nSPS) is 12.6. The fraction of sp³-hybridized carbons (Fsp3) is 0.455. The summed E-state index contributed by atoms with van der Waals surface area (Å²) in [6.45, 7) is 10.4. The van der Waals surface area contributed by atoms with Crippen LogP contribution in [0.15, 0.2) is 25.2 Å². The number of nitrogens with zero attached hydrogens (tertiary/aromatic N) is 2. The Balaban J connectivity index is 2.60. The van der Waals surface area contributed by atoms with Crippen LogP contribution in [0, 0.1) is 5.92 Å². The van der Waals surface area contributed by atoms with Crippen molar-refractivity contribution >= 4 is 5.70 Å². The Morgan fingerprint density at radius 2 is 2.07 bits per heavy atom. The molecule has 0 radical (unpaired) electrons. The summed E-state index contributed by atoms with van der Waals surface area (Å²) in [6.07, 6.45) is 5.03. The Kier molecular flexibility index (Phi) is 3.63. The predicted molar refractivity (Wildman–Crippen MR) is 58.5 cm³/mol. The molecule has 76 valence electrons. The van der Waals surface area contributed by atoms with E-state index in [2.05, 4.69) is 42.6 Å². The SMILES string of the molecule is C=C(N[C@H](C)C(C)C)c1cnccn1. The number of nitrogens with one attached hydrogen (secondary N) is 1. The van der Waals surface area contributed by atoms with E-state index >= 15 is 0 Å². The molecule has 0 spiro atoms. The van der Waals surface area contributed by atoms with Crippen LogP contribution < -0.4 is 5.32 Å². The Morgan fingerprint density at radius 1 is 1.36 bits per heavy atom. The van der Waals surface area contributed by atoms with E-state index in [1.54, 1.807) is 18.6 Å². The van der Waals surface area contributed by atoms with Gasteiger partial charge in [-0.3, -0.25) is 9.97 Å². The van der Waals surface area contributed by atoms with Gasteiger partial charge in [0.25, 0.3) is 0 Å². The lowest BCUT2D eigenvalue weighted by Crippen LogP contribution is -2.29. The molecule has 0 unspecified atom stereocenters. The zero-order valence-electron chi connectivity index (χ0n) is 8.99. The zero-order chi connectivity index (χ0) is 10.6. The molecule has 3 heteroatoms. The summed E-state index contributed by atoms with van der Waals surface area (Å²) in [4.78, 5) is 8.16. The minimum atomic E-state index is 0.393. The van der Waals surface area contributed by atoms with Gasteiger partial charge in [-0.15, -0.1) is 0 Å². The fourth-order valence-corrected chi connectivity index (χ4v) is 0.970. The van der Waals surface area contributed by atoms with Crippen LogP contribution >= 0.6 is 0 Å². The van der Waals surface area contributed by atoms with Gasteiger partial charge in [0.05, 0.1) is 11.9 Å². The number of hydrogen-bond donors (Lipinski definition) is 1. The van der Waals surface area contributed by atoms with Gasteiger partial charge in [0.1, 0.15) is 5.69 Å². The fourth-order valence-electron chi connectivity index (χ4n) is 0.970. The second-order valence-corrected chi connectivity index (χ2v) is 3.75. The van der Waals surface area contributed by atoms with E-state index in [9.17, 15) is 0 Å². The molecule has 1 heterocycles. The van der Waals surface area contributed by atoms with Gasteiger partial charge >= 0.3 is 0 Å². The molecule has 0 bridgehead atoms. The van der Waals surface area contributed by atoms with Gasteiger partial charge in [0.2, 0.25) is 0 Å². The van der Waals surface area contributed by atoms with Crippen molar-refractivity contribution in [1.82, 2.24) is 15.3 Å². The summed E-state index contributed by atoms with van der Waals surface area (Å²) in [6, 6.07) is 0.393. The first kappa shape index (κ1) is 10.7. The highest BCUT2D eigenvalue weighted by Crippen LogP contribution is 2.08. The van der Waals surface area contributed by atoms with Crippen LogP contribution in [0.3, 0.4) is 0 Å². The average Bonchev–Trinajstić information content (AvgIpc) is 2.19. The van der Waals surface area contributed by atoms with Crippen LogP contribution in [-0.4, -0.2) is 16.0 Å². The first-order valence-corrected chi connectivity index (χ1v) is 4.83. The summed E-state index contributed by atoms with van der Waals surface area (Å²) in [5.74, 6) is 0.573. The topological polar surface area (TPSA) is 37.8 Å². The molecular weight excluding hydrogens is 174 g/mol. The van der Waals surface area contributed by atoms with E-state index in [1.165, 1.54) is 0 Å².